The summed E-state index contributed by atoms with van der Waals surface area (Å²) in [5, 5.41) is 6.88. The Morgan fingerprint density at radius 1 is 0.923 bits per heavy atom. The van der Waals surface area contributed by atoms with Crippen molar-refractivity contribution in [3.8, 4) is 0 Å². The summed E-state index contributed by atoms with van der Waals surface area (Å²) in [5.41, 5.74) is 2.45. The first-order valence-corrected chi connectivity index (χ1v) is 9.50. The molecule has 1 fully saturated rings. The average Bonchev–Trinajstić information content (AvgIpc) is 2.80. The van der Waals surface area contributed by atoms with Crippen molar-refractivity contribution in [3.63, 3.8) is 0 Å². The molecule has 1 aliphatic heterocycles. The Morgan fingerprint density at radius 3 is 2.15 bits per heavy atom. The van der Waals surface area contributed by atoms with Gasteiger partial charge in [0.1, 0.15) is 0 Å². The minimum absolute atomic E-state index is 0.107. The van der Waals surface area contributed by atoms with Gasteiger partial charge in [-0.25, -0.2) is 0 Å². The van der Waals surface area contributed by atoms with Gasteiger partial charge in [0.05, 0.1) is 6.04 Å². The SMILES string of the molecule is C=CCC[C@@H]1C[C@H](Cc2ccccc2)NC(=O)[C@H](Cc2ccccc2)N1. The maximum Gasteiger partial charge on any atom is 0.237 e. The number of carbonyl (C=O) groups excluding carboxylic acids is 1. The minimum Gasteiger partial charge on any atom is -0.352 e. The third-order valence-electron chi connectivity index (χ3n) is 5.00. The second-order valence-corrected chi connectivity index (χ2v) is 7.10. The van der Waals surface area contributed by atoms with Crippen LogP contribution in [-0.4, -0.2) is 24.0 Å². The average molecular weight is 348 g/mol. The normalized spacial score (nSPS) is 23.1. The molecule has 0 radical (unpaired) electrons. The highest BCUT2D eigenvalue weighted by Crippen LogP contribution is 2.17. The zero-order chi connectivity index (χ0) is 18.2. The van der Waals surface area contributed by atoms with E-state index in [1.54, 1.807) is 0 Å². The fourth-order valence-corrected chi connectivity index (χ4v) is 3.69. The molecule has 0 aromatic heterocycles. The molecule has 2 aromatic rings. The van der Waals surface area contributed by atoms with E-state index < -0.39 is 0 Å². The largest absolute Gasteiger partial charge is 0.352 e. The van der Waals surface area contributed by atoms with Gasteiger partial charge in [0.2, 0.25) is 5.91 Å². The Labute approximate surface area is 156 Å². The summed E-state index contributed by atoms with van der Waals surface area (Å²) in [6.07, 6.45) is 6.46. The topological polar surface area (TPSA) is 41.1 Å². The Kier molecular flexibility index (Phi) is 6.62. The predicted molar refractivity (Wildman–Crippen MR) is 107 cm³/mol. The van der Waals surface area contributed by atoms with Gasteiger partial charge in [-0.05, 0) is 43.2 Å². The van der Waals surface area contributed by atoms with E-state index in [2.05, 4.69) is 53.6 Å². The van der Waals surface area contributed by atoms with Gasteiger partial charge >= 0.3 is 0 Å². The molecule has 3 rings (SSSR count). The van der Waals surface area contributed by atoms with Crippen LogP contribution in [0.1, 0.15) is 30.4 Å². The highest BCUT2D eigenvalue weighted by atomic mass is 16.2. The van der Waals surface area contributed by atoms with Crippen LogP contribution in [0, 0.1) is 0 Å². The molecule has 0 bridgehead atoms. The lowest BCUT2D eigenvalue weighted by Gasteiger charge is -2.21. The standard InChI is InChI=1S/C23H28N2O/c1-2-3-14-20-17-21(15-18-10-6-4-7-11-18)25-23(26)22(24-20)16-19-12-8-5-9-13-19/h2,4-13,20-22,24H,1,3,14-17H2,(H,25,26)/t20-,21+,22+/m1/s1. The summed E-state index contributed by atoms with van der Waals surface area (Å²) >= 11 is 0. The van der Waals surface area contributed by atoms with Gasteiger partial charge in [0.15, 0.2) is 0 Å². The molecule has 1 saturated heterocycles. The zero-order valence-electron chi connectivity index (χ0n) is 15.2. The van der Waals surface area contributed by atoms with Crippen LogP contribution in [0.2, 0.25) is 0 Å². The van der Waals surface area contributed by atoms with Crippen LogP contribution in [-0.2, 0) is 17.6 Å². The first-order chi connectivity index (χ1) is 12.7. The van der Waals surface area contributed by atoms with Crippen molar-refractivity contribution >= 4 is 5.91 Å². The summed E-state index contributed by atoms with van der Waals surface area (Å²) in [7, 11) is 0. The summed E-state index contributed by atoms with van der Waals surface area (Å²) < 4.78 is 0. The number of nitrogens with one attached hydrogen (secondary N) is 2. The van der Waals surface area contributed by atoms with Gasteiger partial charge in [0, 0.05) is 12.1 Å². The minimum atomic E-state index is -0.187. The highest BCUT2D eigenvalue weighted by Gasteiger charge is 2.30. The van der Waals surface area contributed by atoms with Gasteiger partial charge in [-0.3, -0.25) is 4.79 Å². The Morgan fingerprint density at radius 2 is 1.54 bits per heavy atom. The third kappa shape index (κ3) is 5.30. The van der Waals surface area contributed by atoms with Crippen LogP contribution in [0.5, 0.6) is 0 Å². The lowest BCUT2D eigenvalue weighted by atomic mass is 9.97. The molecular weight excluding hydrogens is 320 g/mol. The van der Waals surface area contributed by atoms with Crippen molar-refractivity contribution in [2.24, 2.45) is 0 Å². The van der Waals surface area contributed by atoms with Crippen molar-refractivity contribution in [2.75, 3.05) is 0 Å². The number of benzene rings is 2. The number of allylic oxidation sites excluding steroid dienone is 1. The van der Waals surface area contributed by atoms with Crippen LogP contribution < -0.4 is 10.6 Å². The fourth-order valence-electron chi connectivity index (χ4n) is 3.69. The summed E-state index contributed by atoms with van der Waals surface area (Å²) in [6.45, 7) is 3.85. The van der Waals surface area contributed by atoms with Crippen molar-refractivity contribution in [3.05, 3.63) is 84.4 Å². The predicted octanol–water partition coefficient (Wildman–Crippen LogP) is 3.65. The first-order valence-electron chi connectivity index (χ1n) is 9.50. The second-order valence-electron chi connectivity index (χ2n) is 7.10. The van der Waals surface area contributed by atoms with E-state index in [-0.39, 0.29) is 18.0 Å². The van der Waals surface area contributed by atoms with E-state index in [0.717, 1.165) is 32.1 Å². The van der Waals surface area contributed by atoms with Gasteiger partial charge in [-0.15, -0.1) is 6.58 Å². The molecule has 0 spiro atoms. The van der Waals surface area contributed by atoms with Crippen molar-refractivity contribution in [2.45, 2.75) is 50.2 Å². The van der Waals surface area contributed by atoms with Gasteiger partial charge in [0.25, 0.3) is 0 Å². The smallest absolute Gasteiger partial charge is 0.237 e. The van der Waals surface area contributed by atoms with Crippen LogP contribution in [0.15, 0.2) is 73.3 Å². The van der Waals surface area contributed by atoms with Crippen LogP contribution >= 0.6 is 0 Å². The Hall–Kier alpha value is -2.39. The van der Waals surface area contributed by atoms with E-state index >= 15 is 0 Å². The number of hydrogen-bond donors (Lipinski definition) is 2. The summed E-state index contributed by atoms with van der Waals surface area (Å²) in [5.74, 6) is 0.107. The lowest BCUT2D eigenvalue weighted by molar-refractivity contribution is -0.123. The highest BCUT2D eigenvalue weighted by molar-refractivity contribution is 5.82. The molecule has 1 heterocycles. The molecule has 136 valence electrons. The van der Waals surface area contributed by atoms with Gasteiger partial charge < -0.3 is 10.6 Å². The molecule has 2 N–H and O–H groups in total. The van der Waals surface area contributed by atoms with Crippen LogP contribution in [0.3, 0.4) is 0 Å². The Balaban J connectivity index is 1.72. The maximum absolute atomic E-state index is 12.8. The van der Waals surface area contributed by atoms with E-state index in [4.69, 9.17) is 0 Å². The molecule has 2 aromatic carbocycles. The molecular formula is C23H28N2O. The summed E-state index contributed by atoms with van der Waals surface area (Å²) in [6, 6.07) is 20.9. The third-order valence-corrected chi connectivity index (χ3v) is 5.00. The number of rotatable bonds is 7. The zero-order valence-corrected chi connectivity index (χ0v) is 15.2. The van der Waals surface area contributed by atoms with E-state index in [1.165, 1.54) is 11.1 Å². The molecule has 1 aliphatic rings. The molecule has 26 heavy (non-hydrogen) atoms. The molecule has 3 atom stereocenters. The molecule has 3 heteroatoms. The lowest BCUT2D eigenvalue weighted by Crippen LogP contribution is -2.46. The monoisotopic (exact) mass is 348 g/mol. The summed E-state index contributed by atoms with van der Waals surface area (Å²) in [4.78, 5) is 12.8. The molecule has 3 nitrogen and oxygen atoms in total. The molecule has 0 saturated carbocycles. The van der Waals surface area contributed by atoms with Crippen LogP contribution in [0.4, 0.5) is 0 Å². The van der Waals surface area contributed by atoms with Crippen molar-refractivity contribution in [1.82, 2.24) is 10.6 Å². The molecule has 0 unspecified atom stereocenters. The molecule has 1 amide bonds. The Bertz CT molecular complexity index is 699. The van der Waals surface area contributed by atoms with E-state index in [1.807, 2.05) is 30.3 Å². The quantitative estimate of drug-likeness (QED) is 0.750. The number of carbonyl (C=O) groups is 1. The van der Waals surface area contributed by atoms with Gasteiger partial charge in [-0.1, -0.05) is 66.7 Å². The maximum atomic E-state index is 12.8. The van der Waals surface area contributed by atoms with Crippen molar-refractivity contribution in [1.29, 1.82) is 0 Å². The number of hydrogen-bond acceptors (Lipinski definition) is 2. The fraction of sp³-hybridized carbons (Fsp3) is 0.348. The van der Waals surface area contributed by atoms with E-state index in [9.17, 15) is 4.79 Å². The number of amides is 1. The van der Waals surface area contributed by atoms with Crippen LogP contribution in [0.25, 0.3) is 0 Å². The molecule has 0 aliphatic carbocycles. The van der Waals surface area contributed by atoms with Gasteiger partial charge in [-0.2, -0.15) is 0 Å². The first kappa shape index (κ1) is 18.4. The van der Waals surface area contributed by atoms with E-state index in [0.29, 0.717) is 6.04 Å². The van der Waals surface area contributed by atoms with Crippen molar-refractivity contribution < 1.29 is 4.79 Å². The second kappa shape index (κ2) is 9.35.